The van der Waals surface area contributed by atoms with Crippen LogP contribution < -0.4 is 5.32 Å². The van der Waals surface area contributed by atoms with Gasteiger partial charge in [-0.15, -0.1) is 11.8 Å². The van der Waals surface area contributed by atoms with E-state index in [9.17, 15) is 5.11 Å². The summed E-state index contributed by atoms with van der Waals surface area (Å²) in [5.41, 5.74) is 1.11. The second-order valence-corrected chi connectivity index (χ2v) is 5.21. The number of aliphatic hydroxyl groups excluding tert-OH is 1. The molecule has 0 bridgehead atoms. The maximum Gasteiger partial charge on any atom is 0.0741 e. The van der Waals surface area contributed by atoms with Gasteiger partial charge in [-0.3, -0.25) is 0 Å². The van der Waals surface area contributed by atoms with Crippen molar-refractivity contribution in [3.8, 4) is 0 Å². The molecule has 2 nitrogen and oxygen atoms in total. The Balaban J connectivity index is 1.96. The van der Waals surface area contributed by atoms with E-state index in [0.717, 1.165) is 24.9 Å². The topological polar surface area (TPSA) is 32.3 Å². The monoisotopic (exact) mass is 237 g/mol. The van der Waals surface area contributed by atoms with Gasteiger partial charge in [0.15, 0.2) is 0 Å². The molecule has 0 spiro atoms. The van der Waals surface area contributed by atoms with Gasteiger partial charge in [0.25, 0.3) is 0 Å². The van der Waals surface area contributed by atoms with Crippen LogP contribution in [0.1, 0.15) is 25.7 Å². The molecule has 0 aromatic heterocycles. The lowest BCUT2D eigenvalue weighted by molar-refractivity contribution is 0.116. The molecule has 1 aromatic carbocycles. The second-order valence-electron chi connectivity index (χ2n) is 4.33. The fourth-order valence-corrected chi connectivity index (χ4v) is 2.59. The average Bonchev–Trinajstić information content (AvgIpc) is 2.33. The van der Waals surface area contributed by atoms with Crippen LogP contribution in [0.5, 0.6) is 0 Å². The van der Waals surface area contributed by atoms with Crippen molar-refractivity contribution in [1.82, 2.24) is 0 Å². The van der Waals surface area contributed by atoms with Crippen molar-refractivity contribution in [2.24, 2.45) is 0 Å². The maximum absolute atomic E-state index is 9.86. The average molecular weight is 237 g/mol. The van der Waals surface area contributed by atoms with Crippen molar-refractivity contribution >= 4 is 17.4 Å². The molecular formula is C13H19NOS. The van der Waals surface area contributed by atoms with E-state index in [1.165, 1.54) is 11.3 Å². The zero-order chi connectivity index (χ0) is 11.4. The zero-order valence-electron chi connectivity index (χ0n) is 9.65. The smallest absolute Gasteiger partial charge is 0.0741 e. The molecule has 2 N–H and O–H groups in total. The molecule has 0 saturated heterocycles. The molecule has 2 atom stereocenters. The van der Waals surface area contributed by atoms with Gasteiger partial charge in [-0.05, 0) is 43.4 Å². The maximum atomic E-state index is 9.86. The molecular weight excluding hydrogens is 218 g/mol. The number of nitrogens with one attached hydrogen (secondary N) is 1. The van der Waals surface area contributed by atoms with Crippen LogP contribution in [0.25, 0.3) is 0 Å². The summed E-state index contributed by atoms with van der Waals surface area (Å²) in [7, 11) is 0. The summed E-state index contributed by atoms with van der Waals surface area (Å²) in [4.78, 5) is 1.27. The summed E-state index contributed by atoms with van der Waals surface area (Å²) in [6, 6.07) is 8.64. The van der Waals surface area contributed by atoms with E-state index < -0.39 is 0 Å². The van der Waals surface area contributed by atoms with E-state index in [-0.39, 0.29) is 12.1 Å². The van der Waals surface area contributed by atoms with Crippen LogP contribution in [0.15, 0.2) is 29.2 Å². The molecule has 0 aliphatic heterocycles. The molecule has 1 saturated carbocycles. The van der Waals surface area contributed by atoms with Crippen molar-refractivity contribution in [2.75, 3.05) is 11.6 Å². The lowest BCUT2D eigenvalue weighted by Crippen LogP contribution is -2.36. The van der Waals surface area contributed by atoms with Crippen molar-refractivity contribution in [3.05, 3.63) is 24.3 Å². The predicted octanol–water partition coefficient (Wildman–Crippen LogP) is 3.12. The number of anilines is 1. The Morgan fingerprint density at radius 1 is 1.19 bits per heavy atom. The number of aliphatic hydroxyl groups is 1. The highest BCUT2D eigenvalue weighted by molar-refractivity contribution is 7.98. The van der Waals surface area contributed by atoms with Crippen molar-refractivity contribution in [1.29, 1.82) is 0 Å². The van der Waals surface area contributed by atoms with E-state index in [1.807, 2.05) is 0 Å². The number of rotatable bonds is 3. The first-order valence-corrected chi connectivity index (χ1v) is 7.11. The summed E-state index contributed by atoms with van der Waals surface area (Å²) in [6.45, 7) is 0. The minimum atomic E-state index is -0.186. The van der Waals surface area contributed by atoms with Crippen LogP contribution in [0.4, 0.5) is 5.69 Å². The van der Waals surface area contributed by atoms with Crippen LogP contribution in [-0.4, -0.2) is 23.5 Å². The molecule has 1 aliphatic carbocycles. The van der Waals surface area contributed by atoms with Crippen LogP contribution >= 0.6 is 11.8 Å². The van der Waals surface area contributed by atoms with Crippen LogP contribution in [0.2, 0.25) is 0 Å². The van der Waals surface area contributed by atoms with E-state index in [4.69, 9.17) is 0 Å². The molecule has 2 rings (SSSR count). The van der Waals surface area contributed by atoms with Crippen LogP contribution in [0, 0.1) is 0 Å². The Morgan fingerprint density at radius 2 is 1.88 bits per heavy atom. The highest BCUT2D eigenvalue weighted by atomic mass is 32.2. The lowest BCUT2D eigenvalue weighted by atomic mass is 9.92. The van der Waals surface area contributed by atoms with E-state index in [2.05, 4.69) is 35.8 Å². The summed E-state index contributed by atoms with van der Waals surface area (Å²) in [5, 5.41) is 13.3. The summed E-state index contributed by atoms with van der Waals surface area (Å²) >= 11 is 1.75. The number of thioether (sulfide) groups is 1. The second kappa shape index (κ2) is 5.60. The first kappa shape index (κ1) is 11.8. The molecule has 0 heterocycles. The van der Waals surface area contributed by atoms with Crippen LogP contribution in [-0.2, 0) is 0 Å². The molecule has 1 fully saturated rings. The number of hydrogen-bond donors (Lipinski definition) is 2. The predicted molar refractivity (Wildman–Crippen MR) is 70.1 cm³/mol. The highest BCUT2D eigenvalue weighted by Gasteiger charge is 2.22. The number of benzene rings is 1. The van der Waals surface area contributed by atoms with E-state index >= 15 is 0 Å². The molecule has 0 radical (unpaired) electrons. The zero-order valence-corrected chi connectivity index (χ0v) is 10.5. The van der Waals surface area contributed by atoms with E-state index in [0.29, 0.717) is 0 Å². The van der Waals surface area contributed by atoms with Gasteiger partial charge in [0.2, 0.25) is 0 Å². The third kappa shape index (κ3) is 2.92. The Kier molecular flexibility index (Phi) is 4.13. The molecule has 2 unspecified atom stereocenters. The fraction of sp³-hybridized carbons (Fsp3) is 0.538. The normalized spacial score (nSPS) is 25.4. The van der Waals surface area contributed by atoms with Gasteiger partial charge in [0.1, 0.15) is 0 Å². The van der Waals surface area contributed by atoms with Crippen molar-refractivity contribution < 1.29 is 5.11 Å². The van der Waals surface area contributed by atoms with Gasteiger partial charge in [-0.1, -0.05) is 12.8 Å². The van der Waals surface area contributed by atoms with Gasteiger partial charge in [0.05, 0.1) is 12.1 Å². The van der Waals surface area contributed by atoms with Gasteiger partial charge >= 0.3 is 0 Å². The largest absolute Gasteiger partial charge is 0.391 e. The van der Waals surface area contributed by atoms with E-state index in [1.54, 1.807) is 11.8 Å². The van der Waals surface area contributed by atoms with Crippen molar-refractivity contribution in [2.45, 2.75) is 42.7 Å². The Bertz CT molecular complexity index is 325. The van der Waals surface area contributed by atoms with Gasteiger partial charge in [-0.2, -0.15) is 0 Å². The van der Waals surface area contributed by atoms with Crippen LogP contribution in [0.3, 0.4) is 0 Å². The number of hydrogen-bond acceptors (Lipinski definition) is 3. The minimum absolute atomic E-state index is 0.186. The Labute approximate surface area is 101 Å². The quantitative estimate of drug-likeness (QED) is 0.792. The molecule has 1 aliphatic rings. The molecule has 1 aromatic rings. The van der Waals surface area contributed by atoms with Crippen molar-refractivity contribution in [3.63, 3.8) is 0 Å². The first-order valence-electron chi connectivity index (χ1n) is 5.88. The summed E-state index contributed by atoms with van der Waals surface area (Å²) in [6.07, 6.45) is 6.27. The lowest BCUT2D eigenvalue weighted by Gasteiger charge is -2.29. The Hall–Kier alpha value is -0.670. The summed E-state index contributed by atoms with van der Waals surface area (Å²) < 4.78 is 0. The van der Waals surface area contributed by atoms with Gasteiger partial charge < -0.3 is 10.4 Å². The molecule has 88 valence electrons. The SMILES string of the molecule is CSc1ccc(NC2CCCCC2O)cc1. The fourth-order valence-electron chi connectivity index (χ4n) is 2.18. The minimum Gasteiger partial charge on any atom is -0.391 e. The Morgan fingerprint density at radius 3 is 2.50 bits per heavy atom. The molecule has 16 heavy (non-hydrogen) atoms. The summed E-state index contributed by atoms with van der Waals surface area (Å²) in [5.74, 6) is 0. The highest BCUT2D eigenvalue weighted by Crippen LogP contribution is 2.23. The van der Waals surface area contributed by atoms with Gasteiger partial charge in [0, 0.05) is 10.6 Å². The van der Waals surface area contributed by atoms with Gasteiger partial charge in [-0.25, -0.2) is 0 Å². The third-order valence-electron chi connectivity index (χ3n) is 3.17. The third-order valence-corrected chi connectivity index (χ3v) is 3.92. The first-order chi connectivity index (χ1) is 7.79. The molecule has 0 amide bonds. The standard InChI is InChI=1S/C13H19NOS/c1-16-11-8-6-10(7-9-11)14-12-4-2-3-5-13(12)15/h6-9,12-15H,2-5H2,1H3. The molecule has 3 heteroatoms.